The van der Waals surface area contributed by atoms with Gasteiger partial charge in [-0.05, 0) is 49.1 Å². The quantitative estimate of drug-likeness (QED) is 0.832. The fraction of sp³-hybridized carbons (Fsp3) is 0.381. The molecule has 1 aliphatic rings. The molecule has 1 fully saturated rings. The highest BCUT2D eigenvalue weighted by Crippen LogP contribution is 2.20. The zero-order valence-electron chi connectivity index (χ0n) is 15.2. The number of rotatable bonds is 5. The molecule has 5 heteroatoms. The molecule has 3 rings (SSSR count). The number of likely N-dealkylation sites (N-methyl/N-ethyl adjacent to an activating group) is 1. The number of aromatic nitrogens is 1. The first-order chi connectivity index (χ1) is 12.6. The number of benzene rings is 1. The molecule has 0 aliphatic carbocycles. The van der Waals surface area contributed by atoms with Crippen LogP contribution in [0.25, 0.3) is 0 Å². The normalized spacial score (nSPS) is 17.0. The number of carbonyl (C=O) groups is 2. The van der Waals surface area contributed by atoms with E-state index in [-0.39, 0.29) is 17.7 Å². The van der Waals surface area contributed by atoms with Crippen molar-refractivity contribution in [2.24, 2.45) is 5.92 Å². The maximum Gasteiger partial charge on any atom is 0.253 e. The summed E-state index contributed by atoms with van der Waals surface area (Å²) in [5.74, 6) is 0.0333. The summed E-state index contributed by atoms with van der Waals surface area (Å²) in [5, 5.41) is 0. The van der Waals surface area contributed by atoms with E-state index < -0.39 is 0 Å². The first-order valence-electron chi connectivity index (χ1n) is 9.13. The maximum atomic E-state index is 12.8. The fourth-order valence-corrected chi connectivity index (χ4v) is 3.39. The maximum absolute atomic E-state index is 12.8. The van der Waals surface area contributed by atoms with Crippen LogP contribution in [0.15, 0.2) is 54.9 Å². The zero-order chi connectivity index (χ0) is 18.4. The van der Waals surface area contributed by atoms with Crippen molar-refractivity contribution >= 4 is 11.8 Å². The average Bonchev–Trinajstić information content (AvgIpc) is 2.72. The molecular weight excluding hydrogens is 326 g/mol. The molecule has 2 heterocycles. The summed E-state index contributed by atoms with van der Waals surface area (Å²) >= 11 is 0. The molecule has 2 aromatic rings. The van der Waals surface area contributed by atoms with Crippen molar-refractivity contribution in [3.8, 4) is 0 Å². The van der Waals surface area contributed by atoms with Gasteiger partial charge in [0.25, 0.3) is 5.91 Å². The summed E-state index contributed by atoms with van der Waals surface area (Å²) in [5.41, 5.74) is 1.86. The van der Waals surface area contributed by atoms with E-state index in [1.54, 1.807) is 17.3 Å². The van der Waals surface area contributed by atoms with Crippen LogP contribution < -0.4 is 0 Å². The highest BCUT2D eigenvalue weighted by molar-refractivity contribution is 5.94. The van der Waals surface area contributed by atoms with Gasteiger partial charge in [0, 0.05) is 44.6 Å². The second-order valence-corrected chi connectivity index (χ2v) is 6.82. The van der Waals surface area contributed by atoms with E-state index in [2.05, 4.69) is 4.98 Å². The molecular formula is C21H25N3O2. The Morgan fingerprint density at radius 3 is 2.62 bits per heavy atom. The van der Waals surface area contributed by atoms with Gasteiger partial charge in [-0.3, -0.25) is 14.6 Å². The minimum Gasteiger partial charge on any atom is -0.345 e. The summed E-state index contributed by atoms with van der Waals surface area (Å²) in [6.07, 6.45) is 6.06. The SMILES string of the molecule is CN(CCc1ccncc1)C(=O)C1CCCN(C(=O)c2ccccc2)C1. The molecule has 1 saturated heterocycles. The summed E-state index contributed by atoms with van der Waals surface area (Å²) < 4.78 is 0. The molecule has 0 saturated carbocycles. The van der Waals surface area contributed by atoms with E-state index in [1.165, 1.54) is 5.56 Å². The van der Waals surface area contributed by atoms with E-state index in [4.69, 9.17) is 0 Å². The van der Waals surface area contributed by atoms with Crippen molar-refractivity contribution in [3.63, 3.8) is 0 Å². The minimum absolute atomic E-state index is 0.0162. The number of hydrogen-bond acceptors (Lipinski definition) is 3. The van der Waals surface area contributed by atoms with Gasteiger partial charge < -0.3 is 9.80 Å². The van der Waals surface area contributed by atoms with E-state index in [9.17, 15) is 9.59 Å². The molecule has 136 valence electrons. The van der Waals surface area contributed by atoms with E-state index >= 15 is 0 Å². The Morgan fingerprint density at radius 1 is 1.15 bits per heavy atom. The molecule has 0 bridgehead atoms. The van der Waals surface area contributed by atoms with Gasteiger partial charge in [0.1, 0.15) is 0 Å². The lowest BCUT2D eigenvalue weighted by Crippen LogP contribution is -2.46. The van der Waals surface area contributed by atoms with Gasteiger partial charge in [0.05, 0.1) is 5.92 Å². The van der Waals surface area contributed by atoms with Crippen LogP contribution in [0.2, 0.25) is 0 Å². The minimum atomic E-state index is -0.112. The molecule has 0 radical (unpaired) electrons. The molecule has 2 amide bonds. The molecule has 1 unspecified atom stereocenters. The second-order valence-electron chi connectivity index (χ2n) is 6.82. The van der Waals surface area contributed by atoms with Gasteiger partial charge in [0.15, 0.2) is 0 Å². The smallest absolute Gasteiger partial charge is 0.253 e. The average molecular weight is 351 g/mol. The number of pyridine rings is 1. The molecule has 5 nitrogen and oxygen atoms in total. The molecule has 26 heavy (non-hydrogen) atoms. The molecule has 1 atom stereocenters. The van der Waals surface area contributed by atoms with Crippen LogP contribution in [0.4, 0.5) is 0 Å². The second kappa shape index (κ2) is 8.61. The summed E-state index contributed by atoms with van der Waals surface area (Å²) in [4.78, 5) is 33.1. The van der Waals surface area contributed by atoms with Crippen LogP contribution >= 0.6 is 0 Å². The monoisotopic (exact) mass is 351 g/mol. The lowest BCUT2D eigenvalue weighted by molar-refractivity contribution is -0.135. The van der Waals surface area contributed by atoms with Gasteiger partial charge in [-0.1, -0.05) is 18.2 Å². The van der Waals surface area contributed by atoms with Crippen LogP contribution in [-0.4, -0.2) is 53.3 Å². The third-order valence-corrected chi connectivity index (χ3v) is 4.94. The van der Waals surface area contributed by atoms with Crippen LogP contribution in [0.1, 0.15) is 28.8 Å². The summed E-state index contributed by atoms with van der Waals surface area (Å²) in [6.45, 7) is 1.90. The number of carbonyl (C=O) groups excluding carboxylic acids is 2. The van der Waals surface area contributed by atoms with Crippen molar-refractivity contribution in [1.29, 1.82) is 0 Å². The zero-order valence-corrected chi connectivity index (χ0v) is 15.2. The van der Waals surface area contributed by atoms with Crippen molar-refractivity contribution < 1.29 is 9.59 Å². The molecule has 0 spiro atoms. The van der Waals surface area contributed by atoms with Crippen molar-refractivity contribution in [3.05, 3.63) is 66.0 Å². The topological polar surface area (TPSA) is 53.5 Å². The predicted molar refractivity (Wildman–Crippen MR) is 101 cm³/mol. The molecule has 0 N–H and O–H groups in total. The fourth-order valence-electron chi connectivity index (χ4n) is 3.39. The number of likely N-dealkylation sites (tertiary alicyclic amines) is 1. The first kappa shape index (κ1) is 18.1. The van der Waals surface area contributed by atoms with Crippen molar-refractivity contribution in [2.45, 2.75) is 19.3 Å². The Balaban J connectivity index is 1.56. The Morgan fingerprint density at radius 2 is 1.88 bits per heavy atom. The lowest BCUT2D eigenvalue weighted by atomic mass is 9.95. The Kier molecular flexibility index (Phi) is 6.00. The Bertz CT molecular complexity index is 733. The van der Waals surface area contributed by atoms with Crippen LogP contribution in [-0.2, 0) is 11.2 Å². The van der Waals surface area contributed by atoms with E-state index in [1.807, 2.05) is 54.4 Å². The molecule has 1 aromatic carbocycles. The largest absolute Gasteiger partial charge is 0.345 e. The first-order valence-corrected chi connectivity index (χ1v) is 9.13. The van der Waals surface area contributed by atoms with Crippen LogP contribution in [0.5, 0.6) is 0 Å². The highest BCUT2D eigenvalue weighted by Gasteiger charge is 2.30. The van der Waals surface area contributed by atoms with E-state index in [0.29, 0.717) is 18.7 Å². The number of hydrogen-bond donors (Lipinski definition) is 0. The number of piperidine rings is 1. The van der Waals surface area contributed by atoms with E-state index in [0.717, 1.165) is 25.8 Å². The highest BCUT2D eigenvalue weighted by atomic mass is 16.2. The van der Waals surface area contributed by atoms with Gasteiger partial charge in [-0.25, -0.2) is 0 Å². The third-order valence-electron chi connectivity index (χ3n) is 4.94. The third kappa shape index (κ3) is 4.48. The van der Waals surface area contributed by atoms with Gasteiger partial charge in [-0.15, -0.1) is 0 Å². The number of amides is 2. The van der Waals surface area contributed by atoms with Gasteiger partial charge in [0.2, 0.25) is 5.91 Å². The lowest BCUT2D eigenvalue weighted by Gasteiger charge is -2.34. The molecule has 1 aromatic heterocycles. The Labute approximate surface area is 154 Å². The molecule has 1 aliphatic heterocycles. The van der Waals surface area contributed by atoms with Crippen LogP contribution in [0.3, 0.4) is 0 Å². The summed E-state index contributed by atoms with van der Waals surface area (Å²) in [6, 6.07) is 13.2. The van der Waals surface area contributed by atoms with Crippen LogP contribution in [0, 0.1) is 5.92 Å². The Hall–Kier alpha value is -2.69. The predicted octanol–water partition coefficient (Wildman–Crippen LogP) is 2.63. The van der Waals surface area contributed by atoms with Gasteiger partial charge >= 0.3 is 0 Å². The van der Waals surface area contributed by atoms with Crippen molar-refractivity contribution in [2.75, 3.05) is 26.7 Å². The van der Waals surface area contributed by atoms with Gasteiger partial charge in [-0.2, -0.15) is 0 Å². The standard InChI is InChI=1S/C21H25N3O2/c1-23(15-11-17-9-12-22-13-10-17)20(25)19-8-5-14-24(16-19)21(26)18-6-3-2-4-7-18/h2-4,6-7,9-10,12-13,19H,5,8,11,14-16H2,1H3. The van der Waals surface area contributed by atoms with Crippen molar-refractivity contribution in [1.82, 2.24) is 14.8 Å². The number of nitrogens with zero attached hydrogens (tertiary/aromatic N) is 3. The summed E-state index contributed by atoms with van der Waals surface area (Å²) in [7, 11) is 1.85.